The lowest BCUT2D eigenvalue weighted by atomic mass is 10.1. The number of nitrogens with zero attached hydrogens (tertiary/aromatic N) is 5. The minimum atomic E-state index is 0.678. The van der Waals surface area contributed by atoms with Crippen LogP contribution in [0.5, 0.6) is 0 Å². The zero-order valence-electron chi connectivity index (χ0n) is 18.1. The van der Waals surface area contributed by atoms with Gasteiger partial charge in [-0.3, -0.25) is 0 Å². The van der Waals surface area contributed by atoms with Crippen LogP contribution in [0.2, 0.25) is 0 Å². The lowest BCUT2D eigenvalue weighted by Gasteiger charge is -2.00. The van der Waals surface area contributed by atoms with Gasteiger partial charge >= 0.3 is 0 Å². The van der Waals surface area contributed by atoms with Gasteiger partial charge in [0.25, 0.3) is 0 Å². The van der Waals surface area contributed by atoms with Crippen LogP contribution < -0.4 is 0 Å². The Kier molecular flexibility index (Phi) is 4.58. The Morgan fingerprint density at radius 3 is 2.09 bits per heavy atom. The van der Waals surface area contributed by atoms with Crippen molar-refractivity contribution in [3.63, 3.8) is 0 Å². The maximum Gasteiger partial charge on any atom is 0.174 e. The van der Waals surface area contributed by atoms with Crippen LogP contribution in [0, 0.1) is 0 Å². The second-order valence-electron chi connectivity index (χ2n) is 7.87. The summed E-state index contributed by atoms with van der Waals surface area (Å²) in [5, 5.41) is 11.8. The lowest BCUT2D eigenvalue weighted by molar-refractivity contribution is 0.992. The fourth-order valence-electron chi connectivity index (χ4n) is 4.19. The van der Waals surface area contributed by atoms with Gasteiger partial charge in [0.1, 0.15) is 0 Å². The standard InChI is InChI=1S/C28H21N5/c1-2-20(25-18-23-15-13-21-8-3-5-11-26(21)32(23)30-25)10-7-17-29-28-19-24-16-14-22-9-4-6-12-27(22)33(24)31-28/h2-19H,1H3/b10-7-,20-2+,29-17?. The summed E-state index contributed by atoms with van der Waals surface area (Å²) in [5.41, 5.74) is 6.23. The topological polar surface area (TPSA) is 47.0 Å². The third-order valence-corrected chi connectivity index (χ3v) is 5.83. The summed E-state index contributed by atoms with van der Waals surface area (Å²) >= 11 is 0. The molecule has 4 aromatic heterocycles. The quantitative estimate of drug-likeness (QED) is 0.234. The Hall–Kier alpha value is -4.51. The summed E-state index contributed by atoms with van der Waals surface area (Å²) in [6.45, 7) is 2.02. The first-order valence-corrected chi connectivity index (χ1v) is 10.9. The fraction of sp³-hybridized carbons (Fsp3) is 0.0357. The molecular formula is C28H21N5. The van der Waals surface area contributed by atoms with Crippen LogP contribution >= 0.6 is 0 Å². The maximum absolute atomic E-state index is 4.84. The molecule has 33 heavy (non-hydrogen) atoms. The molecule has 6 rings (SSSR count). The first-order valence-electron chi connectivity index (χ1n) is 10.9. The van der Waals surface area contributed by atoms with Gasteiger partial charge in [0, 0.05) is 23.1 Å². The number of pyridine rings is 2. The number of rotatable bonds is 4. The van der Waals surface area contributed by atoms with Gasteiger partial charge in [-0.05, 0) is 48.9 Å². The number of allylic oxidation sites excluding steroid dienone is 4. The van der Waals surface area contributed by atoms with Crippen molar-refractivity contribution >= 4 is 50.4 Å². The Labute approximate surface area is 190 Å². The first-order chi connectivity index (χ1) is 16.3. The molecule has 0 fully saturated rings. The number of hydrogen-bond donors (Lipinski definition) is 0. The van der Waals surface area contributed by atoms with Crippen LogP contribution in [0.4, 0.5) is 5.82 Å². The highest BCUT2D eigenvalue weighted by Gasteiger charge is 2.07. The average Bonchev–Trinajstić information content (AvgIpc) is 3.48. The molecule has 0 saturated carbocycles. The molecule has 158 valence electrons. The zero-order valence-corrected chi connectivity index (χ0v) is 18.1. The highest BCUT2D eigenvalue weighted by atomic mass is 15.3. The SMILES string of the molecule is C/C=C(\C=C/C=Nc1cc2ccc3ccccc3n2n1)c1cc2ccc3ccccc3n2n1. The van der Waals surface area contributed by atoms with Crippen molar-refractivity contribution in [3.05, 3.63) is 109 Å². The number of aliphatic imine (C=N–C) groups is 1. The highest BCUT2D eigenvalue weighted by molar-refractivity contribution is 5.86. The van der Waals surface area contributed by atoms with E-state index >= 15 is 0 Å². The van der Waals surface area contributed by atoms with Crippen molar-refractivity contribution in [2.24, 2.45) is 4.99 Å². The van der Waals surface area contributed by atoms with Crippen LogP contribution in [-0.4, -0.2) is 25.4 Å². The van der Waals surface area contributed by atoms with Crippen LogP contribution in [-0.2, 0) is 0 Å². The molecule has 0 spiro atoms. The van der Waals surface area contributed by atoms with E-state index in [-0.39, 0.29) is 0 Å². The Bertz CT molecular complexity index is 1730. The second kappa shape index (κ2) is 7.88. The number of para-hydroxylation sites is 2. The summed E-state index contributed by atoms with van der Waals surface area (Å²) < 4.78 is 3.93. The molecule has 5 nitrogen and oxygen atoms in total. The van der Waals surface area contributed by atoms with Gasteiger partial charge < -0.3 is 0 Å². The molecule has 4 heterocycles. The normalized spacial score (nSPS) is 12.9. The average molecular weight is 428 g/mol. The van der Waals surface area contributed by atoms with E-state index in [1.54, 1.807) is 6.21 Å². The van der Waals surface area contributed by atoms with Gasteiger partial charge in [-0.25, -0.2) is 14.0 Å². The molecule has 0 radical (unpaired) electrons. The van der Waals surface area contributed by atoms with Crippen molar-refractivity contribution in [1.29, 1.82) is 0 Å². The summed E-state index contributed by atoms with van der Waals surface area (Å²) in [6.07, 6.45) is 7.79. The summed E-state index contributed by atoms with van der Waals surface area (Å²) in [5.74, 6) is 0.678. The maximum atomic E-state index is 4.84. The van der Waals surface area contributed by atoms with E-state index in [0.29, 0.717) is 5.82 Å². The summed E-state index contributed by atoms with van der Waals surface area (Å²) in [4.78, 5) is 4.54. The third kappa shape index (κ3) is 3.40. The molecule has 2 aromatic carbocycles. The van der Waals surface area contributed by atoms with Crippen molar-refractivity contribution in [2.75, 3.05) is 0 Å². The molecule has 0 aliphatic carbocycles. The predicted octanol–water partition coefficient (Wildman–Crippen LogP) is 6.65. The second-order valence-corrected chi connectivity index (χ2v) is 7.87. The molecule has 0 saturated heterocycles. The molecule has 0 atom stereocenters. The summed E-state index contributed by atoms with van der Waals surface area (Å²) in [6, 6.07) is 29.0. The van der Waals surface area contributed by atoms with Gasteiger partial charge in [-0.15, -0.1) is 5.10 Å². The van der Waals surface area contributed by atoms with Crippen LogP contribution in [0.15, 0.2) is 108 Å². The van der Waals surface area contributed by atoms with E-state index in [2.05, 4.69) is 70.8 Å². The van der Waals surface area contributed by atoms with Crippen molar-refractivity contribution in [2.45, 2.75) is 6.92 Å². The molecule has 0 aliphatic rings. The molecule has 6 aromatic rings. The van der Waals surface area contributed by atoms with Gasteiger partial charge in [-0.2, -0.15) is 5.10 Å². The largest absolute Gasteiger partial charge is 0.236 e. The van der Waals surface area contributed by atoms with Gasteiger partial charge in [0.15, 0.2) is 5.82 Å². The van der Waals surface area contributed by atoms with E-state index in [0.717, 1.165) is 38.7 Å². The van der Waals surface area contributed by atoms with Gasteiger partial charge in [0.05, 0.1) is 27.8 Å². The zero-order chi connectivity index (χ0) is 22.2. The Balaban J connectivity index is 1.28. The van der Waals surface area contributed by atoms with E-state index in [4.69, 9.17) is 5.10 Å². The van der Waals surface area contributed by atoms with Crippen molar-refractivity contribution in [3.8, 4) is 0 Å². The molecule has 0 amide bonds. The molecule has 5 heteroatoms. The van der Waals surface area contributed by atoms with Crippen molar-refractivity contribution in [1.82, 2.24) is 19.2 Å². The molecule has 0 aliphatic heterocycles. The van der Waals surface area contributed by atoms with Crippen LogP contribution in [0.25, 0.3) is 38.4 Å². The first kappa shape index (κ1) is 19.2. The molecule has 0 bridgehead atoms. The third-order valence-electron chi connectivity index (χ3n) is 5.83. The highest BCUT2D eigenvalue weighted by Crippen LogP contribution is 2.22. The Morgan fingerprint density at radius 1 is 0.758 bits per heavy atom. The predicted molar refractivity (Wildman–Crippen MR) is 136 cm³/mol. The van der Waals surface area contributed by atoms with E-state index in [1.807, 2.05) is 58.4 Å². The van der Waals surface area contributed by atoms with E-state index < -0.39 is 0 Å². The number of fused-ring (bicyclic) bond motifs is 6. The Morgan fingerprint density at radius 2 is 1.39 bits per heavy atom. The van der Waals surface area contributed by atoms with Crippen LogP contribution in [0.1, 0.15) is 12.6 Å². The van der Waals surface area contributed by atoms with Crippen LogP contribution in [0.3, 0.4) is 0 Å². The smallest absolute Gasteiger partial charge is 0.174 e. The number of hydrogen-bond acceptors (Lipinski definition) is 3. The number of aromatic nitrogens is 4. The minimum absolute atomic E-state index is 0.678. The van der Waals surface area contributed by atoms with Gasteiger partial charge in [0.2, 0.25) is 0 Å². The van der Waals surface area contributed by atoms with E-state index in [9.17, 15) is 0 Å². The monoisotopic (exact) mass is 427 g/mol. The molecule has 0 N–H and O–H groups in total. The minimum Gasteiger partial charge on any atom is -0.236 e. The molecular weight excluding hydrogens is 406 g/mol. The van der Waals surface area contributed by atoms with Gasteiger partial charge in [-0.1, -0.05) is 60.7 Å². The molecule has 0 unspecified atom stereocenters. The number of benzene rings is 2. The van der Waals surface area contributed by atoms with E-state index in [1.165, 1.54) is 5.39 Å². The lowest BCUT2D eigenvalue weighted by Crippen LogP contribution is -1.90. The fourth-order valence-corrected chi connectivity index (χ4v) is 4.19. The van der Waals surface area contributed by atoms with Crippen molar-refractivity contribution < 1.29 is 0 Å². The summed E-state index contributed by atoms with van der Waals surface area (Å²) in [7, 11) is 0.